The molecule has 0 unspecified atom stereocenters. The molecule has 0 bridgehead atoms. The molecule has 84 valence electrons. The Kier molecular flexibility index (Phi) is 2.22. The third-order valence-corrected chi connectivity index (χ3v) is 3.37. The zero-order chi connectivity index (χ0) is 11.8. The minimum absolute atomic E-state index is 0.620. The van der Waals surface area contributed by atoms with Crippen molar-refractivity contribution in [1.82, 2.24) is 0 Å². The van der Waals surface area contributed by atoms with Crippen LogP contribution in [0.15, 0.2) is 47.5 Å². The van der Waals surface area contributed by atoms with Gasteiger partial charge in [0, 0.05) is 12.6 Å². The van der Waals surface area contributed by atoms with Crippen LogP contribution in [0.4, 0.5) is 0 Å². The van der Waals surface area contributed by atoms with Crippen LogP contribution >= 0.6 is 0 Å². The van der Waals surface area contributed by atoms with E-state index in [1.54, 1.807) is 7.05 Å². The van der Waals surface area contributed by atoms with Gasteiger partial charge in [0.05, 0.1) is 0 Å². The van der Waals surface area contributed by atoms with E-state index in [9.17, 15) is 0 Å². The highest BCUT2D eigenvalue weighted by Crippen LogP contribution is 2.37. The highest BCUT2D eigenvalue weighted by atomic mass is 14.8. The Morgan fingerprint density at radius 2 is 1.82 bits per heavy atom. The van der Waals surface area contributed by atoms with Crippen LogP contribution in [0.25, 0.3) is 11.1 Å². The van der Waals surface area contributed by atoms with E-state index in [0.29, 0.717) is 5.84 Å². The molecule has 1 aliphatic rings. The molecule has 2 aromatic carbocycles. The number of benzene rings is 2. The SMILES string of the molecule is CN=C(N)c1cccc2c1Cc1ccccc1-2. The summed E-state index contributed by atoms with van der Waals surface area (Å²) in [7, 11) is 1.73. The normalized spacial score (nSPS) is 13.4. The molecule has 3 rings (SSSR count). The van der Waals surface area contributed by atoms with Crippen LogP contribution in [0, 0.1) is 0 Å². The zero-order valence-electron chi connectivity index (χ0n) is 9.77. The van der Waals surface area contributed by atoms with E-state index in [1.807, 2.05) is 12.1 Å². The maximum absolute atomic E-state index is 5.95. The molecule has 0 aliphatic heterocycles. The second kappa shape index (κ2) is 3.74. The van der Waals surface area contributed by atoms with Gasteiger partial charge < -0.3 is 5.73 Å². The lowest BCUT2D eigenvalue weighted by Crippen LogP contribution is -2.15. The Morgan fingerprint density at radius 1 is 1.06 bits per heavy atom. The van der Waals surface area contributed by atoms with Crippen LogP contribution in [0.2, 0.25) is 0 Å². The third kappa shape index (κ3) is 1.45. The van der Waals surface area contributed by atoms with Crippen molar-refractivity contribution >= 4 is 5.84 Å². The van der Waals surface area contributed by atoms with Gasteiger partial charge in [0.25, 0.3) is 0 Å². The molecule has 0 saturated carbocycles. The van der Waals surface area contributed by atoms with Gasteiger partial charge >= 0.3 is 0 Å². The van der Waals surface area contributed by atoms with Crippen molar-refractivity contribution < 1.29 is 0 Å². The maximum Gasteiger partial charge on any atom is 0.125 e. The molecule has 0 aromatic heterocycles. The standard InChI is InChI=1S/C15H14N2/c1-17-15(16)13-8-4-7-12-11-6-3-2-5-10(11)9-14(12)13/h2-8H,9H2,1H3,(H2,16,17). The molecule has 1 aliphatic carbocycles. The van der Waals surface area contributed by atoms with E-state index in [2.05, 4.69) is 35.3 Å². The van der Waals surface area contributed by atoms with E-state index in [-0.39, 0.29) is 0 Å². The first-order chi connectivity index (χ1) is 8.31. The quantitative estimate of drug-likeness (QED) is 0.499. The first-order valence-corrected chi connectivity index (χ1v) is 5.74. The van der Waals surface area contributed by atoms with Crippen LogP contribution in [0.1, 0.15) is 16.7 Å². The van der Waals surface area contributed by atoms with Gasteiger partial charge in [-0.1, -0.05) is 42.5 Å². The van der Waals surface area contributed by atoms with Gasteiger partial charge in [-0.15, -0.1) is 0 Å². The number of hydrogen-bond acceptors (Lipinski definition) is 1. The fraction of sp³-hybridized carbons (Fsp3) is 0.133. The number of nitrogens with two attached hydrogens (primary N) is 1. The van der Waals surface area contributed by atoms with Crippen molar-refractivity contribution in [1.29, 1.82) is 0 Å². The van der Waals surface area contributed by atoms with Crippen LogP contribution in [-0.4, -0.2) is 12.9 Å². The molecule has 0 saturated heterocycles. The fourth-order valence-electron chi connectivity index (χ4n) is 2.52. The Labute approximate surface area is 101 Å². The van der Waals surface area contributed by atoms with Crippen molar-refractivity contribution in [3.05, 3.63) is 59.2 Å². The van der Waals surface area contributed by atoms with Crippen molar-refractivity contribution in [2.45, 2.75) is 6.42 Å². The number of fused-ring (bicyclic) bond motifs is 3. The summed E-state index contributed by atoms with van der Waals surface area (Å²) in [6.45, 7) is 0. The lowest BCUT2D eigenvalue weighted by molar-refractivity contribution is 1.24. The molecule has 2 nitrogen and oxygen atoms in total. The Hall–Kier alpha value is -2.09. The highest BCUT2D eigenvalue weighted by Gasteiger charge is 2.21. The summed E-state index contributed by atoms with van der Waals surface area (Å²) in [6.07, 6.45) is 0.956. The van der Waals surface area contributed by atoms with Gasteiger partial charge in [0.15, 0.2) is 0 Å². The first kappa shape index (κ1) is 10.1. The number of amidine groups is 1. The topological polar surface area (TPSA) is 38.4 Å². The summed E-state index contributed by atoms with van der Waals surface area (Å²) in [6, 6.07) is 14.8. The van der Waals surface area contributed by atoms with Gasteiger partial charge in [-0.05, 0) is 28.7 Å². The highest BCUT2D eigenvalue weighted by molar-refractivity contribution is 6.01. The van der Waals surface area contributed by atoms with Crippen molar-refractivity contribution in [2.24, 2.45) is 10.7 Å². The van der Waals surface area contributed by atoms with E-state index >= 15 is 0 Å². The van der Waals surface area contributed by atoms with Gasteiger partial charge in [0.2, 0.25) is 0 Å². The predicted molar refractivity (Wildman–Crippen MR) is 71.3 cm³/mol. The Balaban J connectivity index is 2.24. The first-order valence-electron chi connectivity index (χ1n) is 5.74. The second-order valence-electron chi connectivity index (χ2n) is 4.27. The van der Waals surface area contributed by atoms with Gasteiger partial charge in [-0.2, -0.15) is 0 Å². The minimum atomic E-state index is 0.620. The predicted octanol–water partition coefficient (Wildman–Crippen LogP) is 2.59. The molecule has 0 heterocycles. The van der Waals surface area contributed by atoms with E-state index in [4.69, 9.17) is 5.73 Å². The van der Waals surface area contributed by atoms with Crippen molar-refractivity contribution in [3.63, 3.8) is 0 Å². The van der Waals surface area contributed by atoms with Crippen LogP contribution in [0.3, 0.4) is 0 Å². The fourth-order valence-corrected chi connectivity index (χ4v) is 2.52. The molecule has 0 amide bonds. The minimum Gasteiger partial charge on any atom is -0.384 e. The average molecular weight is 222 g/mol. The summed E-state index contributed by atoms with van der Waals surface area (Å²) in [5, 5.41) is 0. The summed E-state index contributed by atoms with van der Waals surface area (Å²) >= 11 is 0. The summed E-state index contributed by atoms with van der Waals surface area (Å²) < 4.78 is 0. The molecule has 0 radical (unpaired) electrons. The lowest BCUT2D eigenvalue weighted by Gasteiger charge is -2.07. The molecule has 17 heavy (non-hydrogen) atoms. The van der Waals surface area contributed by atoms with E-state index in [1.165, 1.54) is 22.3 Å². The molecule has 2 heteroatoms. The zero-order valence-corrected chi connectivity index (χ0v) is 9.77. The van der Waals surface area contributed by atoms with E-state index in [0.717, 1.165) is 12.0 Å². The van der Waals surface area contributed by atoms with Crippen LogP contribution in [-0.2, 0) is 6.42 Å². The molecule has 0 spiro atoms. The Bertz CT molecular complexity index is 612. The monoisotopic (exact) mass is 222 g/mol. The second-order valence-corrected chi connectivity index (χ2v) is 4.27. The molecule has 0 atom stereocenters. The van der Waals surface area contributed by atoms with Gasteiger partial charge in [-0.25, -0.2) is 0 Å². The van der Waals surface area contributed by atoms with Crippen LogP contribution < -0.4 is 5.73 Å². The Morgan fingerprint density at radius 3 is 2.65 bits per heavy atom. The van der Waals surface area contributed by atoms with E-state index < -0.39 is 0 Å². The smallest absolute Gasteiger partial charge is 0.125 e. The molecular weight excluding hydrogens is 208 g/mol. The number of nitrogens with zero attached hydrogens (tertiary/aromatic N) is 1. The molecule has 2 N–H and O–H groups in total. The summed E-state index contributed by atoms with van der Waals surface area (Å²) in [5.74, 6) is 0.620. The van der Waals surface area contributed by atoms with Crippen molar-refractivity contribution in [2.75, 3.05) is 7.05 Å². The maximum atomic E-state index is 5.95. The van der Waals surface area contributed by atoms with Crippen molar-refractivity contribution in [3.8, 4) is 11.1 Å². The largest absolute Gasteiger partial charge is 0.384 e. The number of hydrogen-bond donors (Lipinski definition) is 1. The average Bonchev–Trinajstić information content (AvgIpc) is 2.76. The van der Waals surface area contributed by atoms with Gasteiger partial charge in [-0.3, -0.25) is 4.99 Å². The van der Waals surface area contributed by atoms with Crippen LogP contribution in [0.5, 0.6) is 0 Å². The summed E-state index contributed by atoms with van der Waals surface area (Å²) in [4.78, 5) is 4.09. The third-order valence-electron chi connectivity index (χ3n) is 3.37. The lowest BCUT2D eigenvalue weighted by atomic mass is 10.0. The molecule has 0 fully saturated rings. The number of rotatable bonds is 1. The summed E-state index contributed by atoms with van der Waals surface area (Å²) in [5.41, 5.74) is 12.3. The molecule has 2 aromatic rings. The van der Waals surface area contributed by atoms with Gasteiger partial charge in [0.1, 0.15) is 5.84 Å². The molecular formula is C15H14N2. The number of aliphatic imine (C=N–C) groups is 1.